The maximum Gasteiger partial charge on any atom is 0.342 e. The summed E-state index contributed by atoms with van der Waals surface area (Å²) in [5.74, 6) is -2.14. The third kappa shape index (κ3) is 3.53. The van der Waals surface area contributed by atoms with Crippen molar-refractivity contribution >= 4 is 29.2 Å². The van der Waals surface area contributed by atoms with Gasteiger partial charge in [0.1, 0.15) is 0 Å². The molecule has 0 saturated heterocycles. The maximum atomic E-state index is 12.4. The van der Waals surface area contributed by atoms with E-state index in [-0.39, 0.29) is 41.2 Å². The second-order valence-corrected chi connectivity index (χ2v) is 5.78. The lowest BCUT2D eigenvalue weighted by Gasteiger charge is -2.15. The smallest absolute Gasteiger partial charge is 0.342 e. The Balaban J connectivity index is 1.78. The molecule has 0 aromatic heterocycles. The van der Waals surface area contributed by atoms with Crippen molar-refractivity contribution in [3.8, 4) is 0 Å². The number of nitrogens with one attached hydrogen (secondary N) is 1. The molecule has 2 N–H and O–H groups in total. The quantitative estimate of drug-likeness (QED) is 0.316. The van der Waals surface area contributed by atoms with Gasteiger partial charge in [0.15, 0.2) is 6.73 Å². The molecule has 2 aromatic rings. The van der Waals surface area contributed by atoms with Gasteiger partial charge in [-0.25, -0.2) is 9.69 Å². The number of hydrogen-bond acceptors (Lipinski definition) is 8. The minimum atomic E-state index is -0.958. The molecule has 0 bridgehead atoms. The summed E-state index contributed by atoms with van der Waals surface area (Å²) in [6, 6.07) is 9.74. The summed E-state index contributed by atoms with van der Waals surface area (Å²) < 4.78 is 5.06. The van der Waals surface area contributed by atoms with Crippen molar-refractivity contribution in [2.75, 3.05) is 25.2 Å². The maximum absolute atomic E-state index is 12.4. The predicted octanol–water partition coefficient (Wildman–Crippen LogP) is 1.41. The van der Waals surface area contributed by atoms with Crippen molar-refractivity contribution in [2.45, 2.75) is 0 Å². The van der Waals surface area contributed by atoms with Gasteiger partial charge in [-0.05, 0) is 18.2 Å². The van der Waals surface area contributed by atoms with E-state index in [0.29, 0.717) is 0 Å². The summed E-state index contributed by atoms with van der Waals surface area (Å²) >= 11 is 0. The minimum absolute atomic E-state index is 0.108. The molecular weight excluding hydrogens is 370 g/mol. The van der Waals surface area contributed by atoms with Crippen LogP contribution in [0.4, 0.5) is 11.4 Å². The fraction of sp³-hybridized carbons (Fsp3) is 0.167. The van der Waals surface area contributed by atoms with E-state index >= 15 is 0 Å². The molecule has 3 rings (SSSR count). The lowest BCUT2D eigenvalue weighted by atomic mass is 10.1. The van der Waals surface area contributed by atoms with E-state index in [9.17, 15) is 24.5 Å². The first-order valence-corrected chi connectivity index (χ1v) is 8.19. The van der Waals surface area contributed by atoms with Crippen LogP contribution >= 0.6 is 0 Å². The van der Waals surface area contributed by atoms with Gasteiger partial charge < -0.3 is 15.2 Å². The van der Waals surface area contributed by atoms with Crippen LogP contribution in [0.2, 0.25) is 0 Å². The molecule has 10 heteroatoms. The number of esters is 1. The molecule has 1 heterocycles. The van der Waals surface area contributed by atoms with Gasteiger partial charge in [-0.1, -0.05) is 12.1 Å². The highest BCUT2D eigenvalue weighted by molar-refractivity contribution is 6.21. The molecule has 0 fully saturated rings. The SMILES string of the molecule is O=C(OCN1C(=O)c2ccccc2C1=O)c1cc([N+](=O)[O-])ccc1NCCO. The minimum Gasteiger partial charge on any atom is -0.440 e. The molecule has 144 valence electrons. The number of aliphatic hydroxyl groups is 1. The van der Waals surface area contributed by atoms with Crippen LogP contribution in [0, 0.1) is 10.1 Å². The van der Waals surface area contributed by atoms with Gasteiger partial charge in [0.25, 0.3) is 17.5 Å². The highest BCUT2D eigenvalue weighted by atomic mass is 16.6. The number of anilines is 1. The van der Waals surface area contributed by atoms with Crippen LogP contribution < -0.4 is 5.32 Å². The number of aliphatic hydroxyl groups excluding tert-OH is 1. The van der Waals surface area contributed by atoms with E-state index in [1.54, 1.807) is 12.1 Å². The van der Waals surface area contributed by atoms with Crippen LogP contribution in [0.3, 0.4) is 0 Å². The first kappa shape index (κ1) is 19.0. The molecule has 28 heavy (non-hydrogen) atoms. The summed E-state index contributed by atoms with van der Waals surface area (Å²) in [4.78, 5) is 48.1. The number of carbonyl (C=O) groups is 3. The number of nitro benzene ring substituents is 1. The Hall–Kier alpha value is -3.79. The van der Waals surface area contributed by atoms with Gasteiger partial charge in [0.2, 0.25) is 0 Å². The number of carbonyl (C=O) groups excluding carboxylic acids is 3. The summed E-state index contributed by atoms with van der Waals surface area (Å²) in [5.41, 5.74) is 0.155. The Bertz CT molecular complexity index is 938. The number of ether oxygens (including phenoxy) is 1. The summed E-state index contributed by atoms with van der Waals surface area (Å²) in [7, 11) is 0. The number of imide groups is 1. The van der Waals surface area contributed by atoms with Crippen molar-refractivity contribution in [1.29, 1.82) is 0 Å². The summed E-state index contributed by atoms with van der Waals surface area (Å²) in [6.07, 6.45) is 0. The number of amides is 2. The van der Waals surface area contributed by atoms with Crippen LogP contribution in [0.15, 0.2) is 42.5 Å². The third-order valence-corrected chi connectivity index (χ3v) is 4.06. The molecule has 10 nitrogen and oxygen atoms in total. The van der Waals surface area contributed by atoms with E-state index < -0.39 is 29.4 Å². The Morgan fingerprint density at radius 3 is 2.36 bits per heavy atom. The second-order valence-electron chi connectivity index (χ2n) is 5.78. The van der Waals surface area contributed by atoms with Crippen LogP contribution in [0.25, 0.3) is 0 Å². The van der Waals surface area contributed by atoms with Crippen molar-refractivity contribution < 1.29 is 29.2 Å². The Kier molecular flexibility index (Phi) is 5.32. The second kappa shape index (κ2) is 7.84. The zero-order chi connectivity index (χ0) is 20.3. The monoisotopic (exact) mass is 385 g/mol. The van der Waals surface area contributed by atoms with E-state index in [2.05, 4.69) is 5.32 Å². The number of non-ortho nitro benzene ring substituents is 1. The predicted molar refractivity (Wildman–Crippen MR) is 95.9 cm³/mol. The first-order chi connectivity index (χ1) is 13.4. The first-order valence-electron chi connectivity index (χ1n) is 8.19. The van der Waals surface area contributed by atoms with Gasteiger partial charge in [-0.2, -0.15) is 0 Å². The molecular formula is C18H15N3O7. The topological polar surface area (TPSA) is 139 Å². The largest absolute Gasteiger partial charge is 0.440 e. The van der Waals surface area contributed by atoms with E-state index in [1.807, 2.05) is 0 Å². The summed E-state index contributed by atoms with van der Waals surface area (Å²) in [6.45, 7) is -0.746. The van der Waals surface area contributed by atoms with Gasteiger partial charge in [0.05, 0.1) is 28.2 Å². The van der Waals surface area contributed by atoms with E-state index in [4.69, 9.17) is 9.84 Å². The highest BCUT2D eigenvalue weighted by Crippen LogP contribution is 2.25. The van der Waals surface area contributed by atoms with Gasteiger partial charge in [0, 0.05) is 24.4 Å². The lowest BCUT2D eigenvalue weighted by Crippen LogP contribution is -2.33. The molecule has 0 spiro atoms. The number of hydrogen-bond donors (Lipinski definition) is 2. The van der Waals surface area contributed by atoms with Gasteiger partial charge in [-0.15, -0.1) is 0 Å². The van der Waals surface area contributed by atoms with Gasteiger partial charge >= 0.3 is 5.97 Å². The molecule has 0 saturated carbocycles. The number of benzene rings is 2. The highest BCUT2D eigenvalue weighted by Gasteiger charge is 2.36. The molecule has 2 amide bonds. The van der Waals surface area contributed by atoms with Crippen molar-refractivity contribution in [1.82, 2.24) is 4.90 Å². The fourth-order valence-corrected chi connectivity index (χ4v) is 2.72. The normalized spacial score (nSPS) is 12.7. The molecule has 0 unspecified atom stereocenters. The van der Waals surface area contributed by atoms with Crippen molar-refractivity contribution in [2.24, 2.45) is 0 Å². The van der Waals surface area contributed by atoms with Gasteiger partial charge in [-0.3, -0.25) is 19.7 Å². The fourth-order valence-electron chi connectivity index (χ4n) is 2.72. The van der Waals surface area contributed by atoms with E-state index in [1.165, 1.54) is 24.3 Å². The Morgan fingerprint density at radius 2 is 1.79 bits per heavy atom. The van der Waals surface area contributed by atoms with Crippen molar-refractivity contribution in [3.63, 3.8) is 0 Å². The van der Waals surface area contributed by atoms with E-state index in [0.717, 1.165) is 11.0 Å². The Labute approximate surface area is 158 Å². The molecule has 0 radical (unpaired) electrons. The zero-order valence-corrected chi connectivity index (χ0v) is 14.5. The number of rotatable bonds is 7. The molecule has 0 aliphatic carbocycles. The standard InChI is InChI=1S/C18H15N3O7/c22-8-7-19-15-6-5-11(21(26)27)9-14(15)18(25)28-10-20-16(23)12-3-1-2-4-13(12)17(20)24/h1-6,9,19,22H,7-8,10H2. The molecule has 0 atom stereocenters. The van der Waals surface area contributed by atoms with Crippen molar-refractivity contribution in [3.05, 3.63) is 69.3 Å². The number of nitrogens with zero attached hydrogens (tertiary/aromatic N) is 2. The average molecular weight is 385 g/mol. The van der Waals surface area contributed by atoms with Crippen LogP contribution in [0.5, 0.6) is 0 Å². The third-order valence-electron chi connectivity index (χ3n) is 4.06. The van der Waals surface area contributed by atoms with Crippen LogP contribution in [0.1, 0.15) is 31.1 Å². The average Bonchev–Trinajstić information content (AvgIpc) is 2.94. The van der Waals surface area contributed by atoms with Crippen LogP contribution in [-0.2, 0) is 4.74 Å². The van der Waals surface area contributed by atoms with Crippen LogP contribution in [-0.4, -0.2) is 52.6 Å². The molecule has 2 aromatic carbocycles. The molecule has 1 aliphatic rings. The zero-order valence-electron chi connectivity index (χ0n) is 14.5. The summed E-state index contributed by atoms with van der Waals surface area (Å²) in [5, 5.41) is 22.6. The Morgan fingerprint density at radius 1 is 1.14 bits per heavy atom. The molecule has 1 aliphatic heterocycles. The lowest BCUT2D eigenvalue weighted by molar-refractivity contribution is -0.384. The number of nitro groups is 1. The number of fused-ring (bicyclic) bond motifs is 1.